The highest BCUT2D eigenvalue weighted by molar-refractivity contribution is 6.30. The van der Waals surface area contributed by atoms with Crippen molar-refractivity contribution in [3.8, 4) is 5.75 Å². The molecule has 2 atom stereocenters. The Balaban J connectivity index is 1.23. The number of hydrogen-bond donors (Lipinski definition) is 1. The molecule has 0 radical (unpaired) electrons. The summed E-state index contributed by atoms with van der Waals surface area (Å²) in [7, 11) is 0. The van der Waals surface area contributed by atoms with Gasteiger partial charge in [0.05, 0.1) is 19.3 Å². The largest absolute Gasteiger partial charge is 0.484 e. The average Bonchev–Trinajstić information content (AvgIpc) is 3.39. The minimum Gasteiger partial charge on any atom is -0.484 e. The van der Waals surface area contributed by atoms with E-state index in [2.05, 4.69) is 0 Å². The Morgan fingerprint density at radius 2 is 1.69 bits per heavy atom. The number of piperidine rings is 3. The van der Waals surface area contributed by atoms with Crippen LogP contribution in [0.25, 0.3) is 0 Å². The first-order valence-corrected chi connectivity index (χ1v) is 13.9. The maximum Gasteiger partial charge on any atom is 0.231 e. The molecule has 0 amide bonds. The monoisotopic (exact) mass is 507 g/mol. The van der Waals surface area contributed by atoms with Crippen LogP contribution in [0.2, 0.25) is 5.02 Å². The lowest BCUT2D eigenvalue weighted by Gasteiger charge is -2.51. The number of aromatic nitrogens is 1. The molecule has 6 heteroatoms. The molecular formula is C30H36ClN2O3+. The lowest BCUT2D eigenvalue weighted by Crippen LogP contribution is -2.64. The summed E-state index contributed by atoms with van der Waals surface area (Å²) >= 11 is 6.06. The molecule has 3 saturated heterocycles. The maximum atomic E-state index is 12.2. The van der Waals surface area contributed by atoms with Gasteiger partial charge in [0, 0.05) is 29.7 Å². The quantitative estimate of drug-likeness (QED) is 0.379. The fourth-order valence-corrected chi connectivity index (χ4v) is 7.02. The van der Waals surface area contributed by atoms with Gasteiger partial charge in [0.2, 0.25) is 5.89 Å². The van der Waals surface area contributed by atoms with Gasteiger partial charge in [-0.2, -0.15) is 0 Å². The normalized spacial score (nSPS) is 28.1. The zero-order valence-electron chi connectivity index (χ0n) is 20.8. The standard InChI is InChI=1S/C30H36ClN2O3/c31-25-11-13-26(14-12-25)35-28-21-33(17-15-22(28)16-18-33)20-27-19-32-29(36-27)30(34,23-7-3-1-4-8-23)24-9-5-2-6-10-24/h1,3-4,7-8,11-14,19,22,24,28,34H,2,5-6,9-10,15-18,20-21H2/q+1/t22?,28?,30-,33?/m0/s1. The first-order valence-electron chi connectivity index (χ1n) is 13.5. The summed E-state index contributed by atoms with van der Waals surface area (Å²) in [6, 6.07) is 17.7. The molecule has 2 aromatic carbocycles. The molecule has 1 unspecified atom stereocenters. The Hall–Kier alpha value is -2.34. The second kappa shape index (κ2) is 9.85. The highest BCUT2D eigenvalue weighted by atomic mass is 35.5. The molecule has 0 spiro atoms. The van der Waals surface area contributed by atoms with E-state index in [-0.39, 0.29) is 12.0 Å². The molecule has 1 aromatic heterocycles. The third-order valence-corrected chi connectivity index (χ3v) is 9.18. The number of nitrogens with zero attached hydrogens (tertiary/aromatic N) is 2. The summed E-state index contributed by atoms with van der Waals surface area (Å²) in [6.45, 7) is 4.02. The van der Waals surface area contributed by atoms with Gasteiger partial charge in [-0.25, -0.2) is 4.98 Å². The molecule has 36 heavy (non-hydrogen) atoms. The van der Waals surface area contributed by atoms with Crippen molar-refractivity contribution in [1.82, 2.24) is 4.98 Å². The van der Waals surface area contributed by atoms with E-state index in [1.54, 1.807) is 0 Å². The Morgan fingerprint density at radius 1 is 0.972 bits per heavy atom. The van der Waals surface area contributed by atoms with E-state index in [9.17, 15) is 5.11 Å². The van der Waals surface area contributed by atoms with Gasteiger partial charge in [0.25, 0.3) is 0 Å². The van der Waals surface area contributed by atoms with Crippen LogP contribution in [0.5, 0.6) is 5.75 Å². The summed E-state index contributed by atoms with van der Waals surface area (Å²) < 4.78 is 13.8. The molecule has 3 aromatic rings. The van der Waals surface area contributed by atoms with Crippen molar-refractivity contribution in [3.05, 3.63) is 83.0 Å². The average molecular weight is 508 g/mol. The molecule has 3 aliphatic heterocycles. The molecule has 1 aliphatic carbocycles. The molecule has 5 nitrogen and oxygen atoms in total. The Bertz CT molecular complexity index is 1150. The number of hydrogen-bond acceptors (Lipinski definition) is 4. The van der Waals surface area contributed by atoms with Crippen LogP contribution in [0.3, 0.4) is 0 Å². The minimum absolute atomic E-state index is 0.120. The van der Waals surface area contributed by atoms with Gasteiger partial charge in [-0.3, -0.25) is 0 Å². The van der Waals surface area contributed by atoms with Crippen LogP contribution in [0.4, 0.5) is 0 Å². The van der Waals surface area contributed by atoms with Crippen molar-refractivity contribution in [2.24, 2.45) is 11.8 Å². The smallest absolute Gasteiger partial charge is 0.231 e. The number of ether oxygens (including phenoxy) is 1. The number of fused-ring (bicyclic) bond motifs is 3. The van der Waals surface area contributed by atoms with Gasteiger partial charge in [-0.05, 0) is 42.7 Å². The number of quaternary nitrogens is 1. The SMILES string of the molecule is O[C@](c1ccccc1)(c1ncc(C[N+]23CCC(CC2)C(Oc2ccc(Cl)cc2)C3)o1)C1CCCCC1. The number of oxazole rings is 1. The van der Waals surface area contributed by atoms with E-state index in [1.165, 1.54) is 6.42 Å². The molecule has 1 N–H and O–H groups in total. The van der Waals surface area contributed by atoms with Crippen molar-refractivity contribution in [2.75, 3.05) is 19.6 Å². The van der Waals surface area contributed by atoms with Gasteiger partial charge in [0.15, 0.2) is 17.5 Å². The second-order valence-electron chi connectivity index (χ2n) is 11.2. The topological polar surface area (TPSA) is 55.5 Å². The summed E-state index contributed by atoms with van der Waals surface area (Å²) in [5.74, 6) is 2.92. The first kappa shape index (κ1) is 24.0. The lowest BCUT2D eigenvalue weighted by molar-refractivity contribution is -0.958. The molecule has 4 fully saturated rings. The van der Waals surface area contributed by atoms with Crippen molar-refractivity contribution in [2.45, 2.75) is 63.2 Å². The highest BCUT2D eigenvalue weighted by Crippen LogP contribution is 2.44. The summed E-state index contributed by atoms with van der Waals surface area (Å²) in [6.07, 6.45) is 9.88. The van der Waals surface area contributed by atoms with Crippen LogP contribution in [0, 0.1) is 11.8 Å². The number of benzene rings is 2. The van der Waals surface area contributed by atoms with Gasteiger partial charge in [-0.1, -0.05) is 61.2 Å². The first-order chi connectivity index (χ1) is 17.5. The maximum absolute atomic E-state index is 12.2. The molecule has 4 aliphatic rings. The van der Waals surface area contributed by atoms with Crippen molar-refractivity contribution >= 4 is 11.6 Å². The van der Waals surface area contributed by atoms with E-state index in [1.807, 2.05) is 60.8 Å². The molecular weight excluding hydrogens is 472 g/mol. The van der Waals surface area contributed by atoms with Crippen LogP contribution in [-0.2, 0) is 12.1 Å². The van der Waals surface area contributed by atoms with Crippen LogP contribution in [0.15, 0.2) is 65.2 Å². The van der Waals surface area contributed by atoms with E-state index in [0.29, 0.717) is 11.8 Å². The minimum atomic E-state index is -1.19. The number of aliphatic hydroxyl groups is 1. The fourth-order valence-electron chi connectivity index (χ4n) is 6.90. The number of rotatable bonds is 7. The van der Waals surface area contributed by atoms with Gasteiger partial charge in [0.1, 0.15) is 18.8 Å². The van der Waals surface area contributed by atoms with E-state index in [4.69, 9.17) is 25.7 Å². The third-order valence-electron chi connectivity index (χ3n) is 8.92. The van der Waals surface area contributed by atoms with Gasteiger partial charge >= 0.3 is 0 Å². The van der Waals surface area contributed by atoms with Crippen LogP contribution >= 0.6 is 11.6 Å². The highest BCUT2D eigenvalue weighted by Gasteiger charge is 2.49. The number of halogens is 1. The fraction of sp³-hybridized carbons (Fsp3) is 0.500. The summed E-state index contributed by atoms with van der Waals surface area (Å²) in [5, 5.41) is 12.9. The predicted molar refractivity (Wildman–Crippen MR) is 140 cm³/mol. The molecule has 190 valence electrons. The lowest BCUT2D eigenvalue weighted by atomic mass is 9.73. The van der Waals surface area contributed by atoms with Gasteiger partial charge in [-0.15, -0.1) is 0 Å². The summed E-state index contributed by atoms with van der Waals surface area (Å²) in [5.41, 5.74) is -0.303. The van der Waals surface area contributed by atoms with E-state index in [0.717, 1.165) is 91.3 Å². The zero-order valence-corrected chi connectivity index (χ0v) is 21.6. The third kappa shape index (κ3) is 4.57. The van der Waals surface area contributed by atoms with Crippen molar-refractivity contribution in [1.29, 1.82) is 0 Å². The Morgan fingerprint density at radius 3 is 2.42 bits per heavy atom. The van der Waals surface area contributed by atoms with Crippen LogP contribution in [0.1, 0.15) is 62.2 Å². The van der Waals surface area contributed by atoms with E-state index < -0.39 is 5.60 Å². The van der Waals surface area contributed by atoms with E-state index >= 15 is 0 Å². The molecule has 1 saturated carbocycles. The summed E-state index contributed by atoms with van der Waals surface area (Å²) in [4.78, 5) is 4.71. The molecule has 4 heterocycles. The molecule has 2 bridgehead atoms. The zero-order chi connectivity index (χ0) is 24.6. The molecule has 7 rings (SSSR count). The van der Waals surface area contributed by atoms with Crippen LogP contribution < -0.4 is 4.74 Å². The van der Waals surface area contributed by atoms with Crippen molar-refractivity contribution < 1.29 is 18.7 Å². The second-order valence-corrected chi connectivity index (χ2v) is 11.6. The predicted octanol–water partition coefficient (Wildman–Crippen LogP) is 6.33. The van der Waals surface area contributed by atoms with Gasteiger partial charge < -0.3 is 18.7 Å². The van der Waals surface area contributed by atoms with Crippen molar-refractivity contribution in [3.63, 3.8) is 0 Å². The van der Waals surface area contributed by atoms with Crippen LogP contribution in [-0.4, -0.2) is 40.3 Å². The Kier molecular flexibility index (Phi) is 6.57. The Labute approximate surface area is 218 Å².